The van der Waals surface area contributed by atoms with Crippen molar-refractivity contribution >= 4 is 28.8 Å². The third-order valence-corrected chi connectivity index (χ3v) is 6.64. The second-order valence-corrected chi connectivity index (χ2v) is 9.02. The molecule has 4 aromatic rings. The van der Waals surface area contributed by atoms with Gasteiger partial charge >= 0.3 is 0 Å². The summed E-state index contributed by atoms with van der Waals surface area (Å²) in [6, 6.07) is 26.3. The van der Waals surface area contributed by atoms with Crippen molar-refractivity contribution in [3.05, 3.63) is 102 Å². The topological polar surface area (TPSA) is 56.4 Å². The van der Waals surface area contributed by atoms with E-state index >= 15 is 0 Å². The number of piperazine rings is 1. The van der Waals surface area contributed by atoms with Crippen LogP contribution in [-0.2, 0) is 16.0 Å². The Bertz CT molecular complexity index is 1360. The van der Waals surface area contributed by atoms with Crippen molar-refractivity contribution in [1.82, 2.24) is 14.8 Å². The lowest BCUT2D eigenvalue weighted by Crippen LogP contribution is -2.50. The minimum absolute atomic E-state index is 0.0133. The summed E-state index contributed by atoms with van der Waals surface area (Å²) in [7, 11) is 0. The van der Waals surface area contributed by atoms with Crippen LogP contribution >= 0.6 is 0 Å². The molecule has 1 aromatic heterocycles. The molecule has 3 aromatic carbocycles. The van der Waals surface area contributed by atoms with Crippen molar-refractivity contribution in [1.29, 1.82) is 0 Å². The molecule has 5 nitrogen and oxygen atoms in total. The highest BCUT2D eigenvalue weighted by Gasteiger charge is 2.25. The molecule has 1 N–H and O–H groups in total. The van der Waals surface area contributed by atoms with Crippen LogP contribution in [0.1, 0.15) is 16.7 Å². The van der Waals surface area contributed by atoms with E-state index in [1.54, 1.807) is 6.08 Å². The smallest absolute Gasteiger partial charge is 0.246 e. The van der Waals surface area contributed by atoms with Crippen LogP contribution < -0.4 is 0 Å². The first-order chi connectivity index (χ1) is 17.1. The molecule has 1 aliphatic rings. The monoisotopic (exact) mass is 463 g/mol. The fraction of sp³-hybridized carbons (Fsp3) is 0.200. The fourth-order valence-electron chi connectivity index (χ4n) is 4.62. The Morgan fingerprint density at radius 2 is 1.49 bits per heavy atom. The molecule has 0 bridgehead atoms. The number of benzene rings is 3. The zero-order chi connectivity index (χ0) is 24.2. The van der Waals surface area contributed by atoms with Gasteiger partial charge in [0.2, 0.25) is 11.8 Å². The Labute approximate surface area is 205 Å². The predicted octanol–water partition coefficient (Wildman–Crippen LogP) is 5.07. The van der Waals surface area contributed by atoms with Gasteiger partial charge in [-0.15, -0.1) is 0 Å². The molecule has 2 amide bonds. The van der Waals surface area contributed by atoms with Crippen LogP contribution in [0, 0.1) is 6.92 Å². The number of nitrogens with zero attached hydrogens (tertiary/aromatic N) is 2. The third kappa shape index (κ3) is 5.04. The van der Waals surface area contributed by atoms with Crippen LogP contribution in [-0.4, -0.2) is 52.8 Å². The molecular weight excluding hydrogens is 434 g/mol. The van der Waals surface area contributed by atoms with E-state index < -0.39 is 0 Å². The van der Waals surface area contributed by atoms with Crippen molar-refractivity contribution in [3.8, 4) is 11.3 Å². The van der Waals surface area contributed by atoms with Crippen molar-refractivity contribution in [2.75, 3.05) is 26.2 Å². The zero-order valence-corrected chi connectivity index (χ0v) is 19.9. The number of aromatic amines is 1. The number of amides is 2. The quantitative estimate of drug-likeness (QED) is 0.420. The zero-order valence-electron chi connectivity index (χ0n) is 19.9. The predicted molar refractivity (Wildman–Crippen MR) is 141 cm³/mol. The molecular formula is C30H29N3O2. The molecule has 0 unspecified atom stereocenters. The first-order valence-corrected chi connectivity index (χ1v) is 12.0. The summed E-state index contributed by atoms with van der Waals surface area (Å²) in [6.07, 6.45) is 3.80. The summed E-state index contributed by atoms with van der Waals surface area (Å²) in [6.45, 7) is 4.23. The van der Waals surface area contributed by atoms with Gasteiger partial charge in [-0.05, 0) is 35.8 Å². The van der Waals surface area contributed by atoms with Crippen molar-refractivity contribution in [2.45, 2.75) is 13.3 Å². The van der Waals surface area contributed by atoms with Crippen molar-refractivity contribution in [2.24, 2.45) is 0 Å². The Balaban J connectivity index is 1.25. The first kappa shape index (κ1) is 22.7. The van der Waals surface area contributed by atoms with Crippen LogP contribution in [0.4, 0.5) is 0 Å². The summed E-state index contributed by atoms with van der Waals surface area (Å²) in [5.41, 5.74) is 6.32. The number of carbonyl (C=O) groups excluding carboxylic acids is 2. The van der Waals surface area contributed by atoms with Gasteiger partial charge in [-0.2, -0.15) is 0 Å². The van der Waals surface area contributed by atoms with Gasteiger partial charge in [0.1, 0.15) is 0 Å². The highest BCUT2D eigenvalue weighted by atomic mass is 16.2. The number of aromatic nitrogens is 1. The summed E-state index contributed by atoms with van der Waals surface area (Å²) in [5, 5.41) is 1.08. The van der Waals surface area contributed by atoms with Gasteiger partial charge in [0.15, 0.2) is 0 Å². The average Bonchev–Trinajstić information content (AvgIpc) is 3.27. The van der Waals surface area contributed by atoms with Gasteiger partial charge in [-0.1, -0.05) is 78.4 Å². The van der Waals surface area contributed by atoms with E-state index in [0.29, 0.717) is 32.6 Å². The number of H-pyrrole nitrogens is 1. The lowest BCUT2D eigenvalue weighted by Gasteiger charge is -2.34. The Morgan fingerprint density at radius 3 is 2.23 bits per heavy atom. The maximum atomic E-state index is 13.3. The molecule has 1 fully saturated rings. The number of nitrogens with one attached hydrogen (secondary N) is 1. The number of hydrogen-bond acceptors (Lipinski definition) is 2. The fourth-order valence-corrected chi connectivity index (χ4v) is 4.62. The lowest BCUT2D eigenvalue weighted by molar-refractivity contribution is -0.136. The van der Waals surface area contributed by atoms with Crippen LogP contribution in [0.2, 0.25) is 0 Å². The Kier molecular flexibility index (Phi) is 6.49. The summed E-state index contributed by atoms with van der Waals surface area (Å²) in [5.74, 6) is 0.0786. The standard InChI is InChI=1S/C30H29N3O2/c1-22-11-13-23(14-12-22)15-16-28(34)32-17-19-33(20-18-32)29(35)21-26-25-9-5-6-10-27(25)31-30(26)24-7-3-2-4-8-24/h2-16,31H,17-21H2,1H3/b16-15+. The van der Waals surface area contributed by atoms with E-state index in [9.17, 15) is 9.59 Å². The molecule has 2 heterocycles. The molecule has 35 heavy (non-hydrogen) atoms. The molecule has 176 valence electrons. The van der Waals surface area contributed by atoms with Gasteiger partial charge in [-0.25, -0.2) is 0 Å². The molecule has 0 atom stereocenters. The molecule has 0 spiro atoms. The highest BCUT2D eigenvalue weighted by molar-refractivity contribution is 5.95. The van der Waals surface area contributed by atoms with E-state index in [1.165, 1.54) is 5.56 Å². The summed E-state index contributed by atoms with van der Waals surface area (Å²) in [4.78, 5) is 33.2. The van der Waals surface area contributed by atoms with Crippen LogP contribution in [0.5, 0.6) is 0 Å². The molecule has 5 rings (SSSR count). The minimum Gasteiger partial charge on any atom is -0.354 e. The van der Waals surface area contributed by atoms with Crippen LogP contribution in [0.25, 0.3) is 28.2 Å². The molecule has 1 aliphatic heterocycles. The number of rotatable bonds is 5. The normalized spacial score (nSPS) is 14.1. The Hall–Kier alpha value is -4.12. The maximum absolute atomic E-state index is 13.3. The number of hydrogen-bond donors (Lipinski definition) is 1. The summed E-state index contributed by atoms with van der Waals surface area (Å²) >= 11 is 0. The maximum Gasteiger partial charge on any atom is 0.246 e. The Morgan fingerprint density at radius 1 is 0.829 bits per heavy atom. The number of fused-ring (bicyclic) bond motifs is 1. The second-order valence-electron chi connectivity index (χ2n) is 9.02. The molecule has 0 radical (unpaired) electrons. The van der Waals surface area contributed by atoms with Gasteiger partial charge in [-0.3, -0.25) is 9.59 Å². The molecule has 1 saturated heterocycles. The molecule has 5 heteroatoms. The second kappa shape index (κ2) is 10.0. The van der Waals surface area contributed by atoms with E-state index in [1.807, 2.05) is 83.5 Å². The van der Waals surface area contributed by atoms with Gasteiger partial charge in [0.05, 0.1) is 12.1 Å². The lowest BCUT2D eigenvalue weighted by atomic mass is 10.0. The van der Waals surface area contributed by atoms with Gasteiger partial charge < -0.3 is 14.8 Å². The number of aryl methyl sites for hydroxylation is 1. The van der Waals surface area contributed by atoms with Gasteiger partial charge in [0.25, 0.3) is 0 Å². The van der Waals surface area contributed by atoms with E-state index in [0.717, 1.165) is 33.3 Å². The SMILES string of the molecule is Cc1ccc(/C=C/C(=O)N2CCN(C(=O)Cc3c(-c4ccccc4)[nH]c4ccccc34)CC2)cc1. The van der Waals surface area contributed by atoms with Crippen LogP contribution in [0.15, 0.2) is 84.9 Å². The van der Waals surface area contributed by atoms with Crippen molar-refractivity contribution < 1.29 is 9.59 Å². The largest absolute Gasteiger partial charge is 0.354 e. The van der Waals surface area contributed by atoms with Crippen LogP contribution in [0.3, 0.4) is 0 Å². The van der Waals surface area contributed by atoms with E-state index in [4.69, 9.17) is 0 Å². The average molecular weight is 464 g/mol. The third-order valence-electron chi connectivity index (χ3n) is 6.64. The van der Waals surface area contributed by atoms with E-state index in [2.05, 4.69) is 23.2 Å². The highest BCUT2D eigenvalue weighted by Crippen LogP contribution is 2.31. The number of para-hydroxylation sites is 1. The summed E-state index contributed by atoms with van der Waals surface area (Å²) < 4.78 is 0. The number of carbonyl (C=O) groups is 2. The minimum atomic E-state index is -0.0133. The van der Waals surface area contributed by atoms with Gasteiger partial charge in [0, 0.05) is 43.2 Å². The van der Waals surface area contributed by atoms with E-state index in [-0.39, 0.29) is 11.8 Å². The first-order valence-electron chi connectivity index (χ1n) is 12.0. The molecule has 0 aliphatic carbocycles. The van der Waals surface area contributed by atoms with Crippen molar-refractivity contribution in [3.63, 3.8) is 0 Å². The molecule has 0 saturated carbocycles.